The van der Waals surface area contributed by atoms with Gasteiger partial charge in [0.1, 0.15) is 11.4 Å². The second kappa shape index (κ2) is 11.2. The summed E-state index contributed by atoms with van der Waals surface area (Å²) in [5.41, 5.74) is -0.935. The Labute approximate surface area is 243 Å². The van der Waals surface area contributed by atoms with Gasteiger partial charge in [0, 0.05) is 29.6 Å². The average Bonchev–Trinajstić information content (AvgIpc) is 3.51. The fourth-order valence-corrected chi connectivity index (χ4v) is 9.16. The summed E-state index contributed by atoms with van der Waals surface area (Å²) in [6.45, 7) is 22.6. The van der Waals surface area contributed by atoms with E-state index in [1.54, 1.807) is 0 Å². The van der Waals surface area contributed by atoms with Crippen molar-refractivity contribution in [2.45, 2.75) is 162 Å². The second-order valence-electron chi connectivity index (χ2n) is 14.5. The summed E-state index contributed by atoms with van der Waals surface area (Å²) < 4.78 is 26.6. The predicted molar refractivity (Wildman–Crippen MR) is 154 cm³/mol. The molecular formula is C33H58O7. The summed E-state index contributed by atoms with van der Waals surface area (Å²) >= 11 is 0. The van der Waals surface area contributed by atoms with Gasteiger partial charge >= 0.3 is 0 Å². The number of rotatable bonds is 10. The van der Waals surface area contributed by atoms with Crippen molar-refractivity contribution >= 4 is 5.78 Å². The zero-order valence-corrected chi connectivity index (χ0v) is 27.0. The molecule has 0 saturated carbocycles. The van der Waals surface area contributed by atoms with Crippen LogP contribution in [0, 0.1) is 41.4 Å². The smallest absolute Gasteiger partial charge is 0.201 e. The number of ether oxygens (including phenoxy) is 4. The van der Waals surface area contributed by atoms with E-state index < -0.39 is 29.2 Å². The Hall–Kier alpha value is -0.570. The molecule has 4 fully saturated rings. The van der Waals surface area contributed by atoms with Crippen LogP contribution in [0.4, 0.5) is 0 Å². The minimum atomic E-state index is -1.20. The number of carbonyl (C=O) groups excluding carboxylic acids is 1. The largest absolute Gasteiger partial charge is 0.392 e. The van der Waals surface area contributed by atoms with E-state index in [-0.39, 0.29) is 65.2 Å². The van der Waals surface area contributed by atoms with Gasteiger partial charge in [-0.1, -0.05) is 62.3 Å². The normalized spacial score (nSPS) is 50.1. The molecule has 4 saturated heterocycles. The minimum Gasteiger partial charge on any atom is -0.392 e. The molecule has 232 valence electrons. The molecule has 4 heterocycles. The Kier molecular flexibility index (Phi) is 9.03. The van der Waals surface area contributed by atoms with Crippen molar-refractivity contribution in [1.82, 2.24) is 0 Å². The molecule has 0 aromatic heterocycles. The summed E-state index contributed by atoms with van der Waals surface area (Å²) in [5, 5.41) is 22.6. The lowest BCUT2D eigenvalue weighted by atomic mass is 9.73. The van der Waals surface area contributed by atoms with Crippen molar-refractivity contribution in [3.05, 3.63) is 0 Å². The topological polar surface area (TPSA) is 94.5 Å². The number of fused-ring (bicyclic) bond motifs is 2. The van der Waals surface area contributed by atoms with Gasteiger partial charge in [0.15, 0.2) is 5.79 Å². The number of hydrogen-bond acceptors (Lipinski definition) is 7. The lowest BCUT2D eigenvalue weighted by Crippen LogP contribution is -2.57. The molecule has 0 unspecified atom stereocenters. The predicted octanol–water partition coefficient (Wildman–Crippen LogP) is 5.88. The van der Waals surface area contributed by atoms with Crippen LogP contribution in [0.3, 0.4) is 0 Å². The zero-order valence-electron chi connectivity index (χ0n) is 27.0. The van der Waals surface area contributed by atoms with Crippen molar-refractivity contribution in [3.63, 3.8) is 0 Å². The van der Waals surface area contributed by atoms with Gasteiger partial charge in [0.2, 0.25) is 5.79 Å². The first-order valence-electron chi connectivity index (χ1n) is 16.2. The summed E-state index contributed by atoms with van der Waals surface area (Å²) in [6.07, 6.45) is 3.08. The molecule has 0 aliphatic carbocycles. The summed E-state index contributed by atoms with van der Waals surface area (Å²) in [4.78, 5) is 14.1. The third kappa shape index (κ3) is 4.83. The minimum absolute atomic E-state index is 0.00138. The van der Waals surface area contributed by atoms with Crippen LogP contribution < -0.4 is 0 Å². The summed E-state index contributed by atoms with van der Waals surface area (Å²) in [5.74, 6) is -2.67. The SMILES string of the molecule is CC[C@@H](C(=O)[C@@H](C)[C@@H](O)[C@H](C)[C@H]1O[C@@](O)(CC)[C@H](C)C[C@@H]1C)[C@H]1O[C@](C)([C@@]23O[C@@H](C)[C@@](CC)(C[C@@H]2C)O3)C[C@@H]1C. The van der Waals surface area contributed by atoms with Crippen LogP contribution in [0.2, 0.25) is 0 Å². The van der Waals surface area contributed by atoms with Gasteiger partial charge in [0.05, 0.1) is 30.0 Å². The quantitative estimate of drug-likeness (QED) is 0.341. The molecule has 0 amide bonds. The van der Waals surface area contributed by atoms with Gasteiger partial charge in [-0.05, 0) is 64.2 Å². The lowest BCUT2D eigenvalue weighted by Gasteiger charge is -2.48. The standard InChI is InChI=1S/C33H58O7/c1-12-25(27(35)22(8)26(34)23(9)28-18(4)15-20(6)32(36,14-3)39-28)29-19(5)16-30(11,38-29)33-21(7)17-31(13-2,40-33)24(10)37-33/h18-26,28-29,34,36H,12-17H2,1-11H3/t18-,19-,20+,21-,22-,23-,24-,25-,26+,28-,29-,30-,31+,32-,33+/m0/s1. The maximum absolute atomic E-state index is 14.1. The number of carbonyl (C=O) groups is 1. The van der Waals surface area contributed by atoms with E-state index in [9.17, 15) is 15.0 Å². The van der Waals surface area contributed by atoms with Crippen molar-refractivity contribution in [3.8, 4) is 0 Å². The molecule has 4 aliphatic heterocycles. The fourth-order valence-electron chi connectivity index (χ4n) is 9.16. The molecule has 0 spiro atoms. The van der Waals surface area contributed by atoms with E-state index in [2.05, 4.69) is 41.5 Å². The first-order chi connectivity index (χ1) is 18.5. The number of ketones is 1. The molecule has 40 heavy (non-hydrogen) atoms. The molecule has 7 heteroatoms. The van der Waals surface area contributed by atoms with Gasteiger partial charge in [-0.2, -0.15) is 0 Å². The Morgan fingerprint density at radius 3 is 2.10 bits per heavy atom. The Bertz CT molecular complexity index is 926. The molecular weight excluding hydrogens is 508 g/mol. The third-order valence-corrected chi connectivity index (χ3v) is 11.9. The molecule has 0 aromatic rings. The first kappa shape index (κ1) is 32.3. The molecule has 15 atom stereocenters. The van der Waals surface area contributed by atoms with E-state index in [4.69, 9.17) is 18.9 Å². The van der Waals surface area contributed by atoms with Crippen LogP contribution in [0.1, 0.15) is 115 Å². The maximum Gasteiger partial charge on any atom is 0.201 e. The summed E-state index contributed by atoms with van der Waals surface area (Å²) in [7, 11) is 0. The molecule has 2 N–H and O–H groups in total. The Balaban J connectivity index is 1.50. The second-order valence-corrected chi connectivity index (χ2v) is 14.5. The number of aliphatic hydroxyl groups is 2. The van der Waals surface area contributed by atoms with Crippen LogP contribution in [-0.2, 0) is 23.7 Å². The van der Waals surface area contributed by atoms with E-state index in [0.717, 1.165) is 25.7 Å². The first-order valence-corrected chi connectivity index (χ1v) is 16.2. The van der Waals surface area contributed by atoms with E-state index in [1.165, 1.54) is 0 Å². The third-order valence-electron chi connectivity index (χ3n) is 11.9. The Morgan fingerprint density at radius 2 is 1.55 bits per heavy atom. The molecule has 0 aromatic carbocycles. The number of Topliss-reactive ketones (excluding diaryl/α,β-unsaturated/α-hetero) is 1. The molecule has 7 nitrogen and oxygen atoms in total. The van der Waals surface area contributed by atoms with Gasteiger partial charge in [-0.3, -0.25) is 4.79 Å². The van der Waals surface area contributed by atoms with Crippen LogP contribution in [-0.4, -0.2) is 63.2 Å². The lowest BCUT2D eigenvalue weighted by molar-refractivity contribution is -0.306. The molecule has 2 bridgehead atoms. The highest BCUT2D eigenvalue weighted by Gasteiger charge is 2.73. The van der Waals surface area contributed by atoms with Gasteiger partial charge in [-0.25, -0.2) is 0 Å². The fraction of sp³-hybridized carbons (Fsp3) is 0.970. The van der Waals surface area contributed by atoms with E-state index in [0.29, 0.717) is 12.8 Å². The van der Waals surface area contributed by atoms with E-state index >= 15 is 0 Å². The van der Waals surface area contributed by atoms with Crippen LogP contribution in [0.15, 0.2) is 0 Å². The van der Waals surface area contributed by atoms with E-state index in [1.807, 2.05) is 34.6 Å². The highest BCUT2D eigenvalue weighted by molar-refractivity contribution is 5.84. The van der Waals surface area contributed by atoms with Gasteiger partial charge in [0.25, 0.3) is 0 Å². The van der Waals surface area contributed by atoms with Crippen molar-refractivity contribution in [1.29, 1.82) is 0 Å². The van der Waals surface area contributed by atoms with Gasteiger partial charge < -0.3 is 29.2 Å². The zero-order chi connectivity index (χ0) is 30.0. The van der Waals surface area contributed by atoms with Crippen LogP contribution >= 0.6 is 0 Å². The molecule has 0 radical (unpaired) electrons. The number of aliphatic hydroxyl groups excluding tert-OH is 1. The van der Waals surface area contributed by atoms with Crippen molar-refractivity contribution in [2.24, 2.45) is 41.4 Å². The van der Waals surface area contributed by atoms with Gasteiger partial charge in [-0.15, -0.1) is 0 Å². The van der Waals surface area contributed by atoms with Crippen molar-refractivity contribution in [2.75, 3.05) is 0 Å². The average molecular weight is 567 g/mol. The number of hydrogen-bond donors (Lipinski definition) is 2. The molecule has 4 aliphatic rings. The monoisotopic (exact) mass is 566 g/mol. The highest BCUT2D eigenvalue weighted by Crippen LogP contribution is 2.62. The maximum atomic E-state index is 14.1. The molecule has 4 rings (SSSR count). The summed E-state index contributed by atoms with van der Waals surface area (Å²) in [6, 6.07) is 0. The van der Waals surface area contributed by atoms with Crippen LogP contribution in [0.25, 0.3) is 0 Å². The van der Waals surface area contributed by atoms with Crippen LogP contribution in [0.5, 0.6) is 0 Å². The Morgan fingerprint density at radius 1 is 0.900 bits per heavy atom. The van der Waals surface area contributed by atoms with Crippen molar-refractivity contribution < 1.29 is 34.0 Å². The highest BCUT2D eigenvalue weighted by atomic mass is 16.8.